The number of guanidine groups is 1. The summed E-state index contributed by atoms with van der Waals surface area (Å²) in [4.78, 5) is 6.67. The van der Waals surface area contributed by atoms with Gasteiger partial charge in [-0.1, -0.05) is 18.2 Å². The SMILES string of the molecule is CN=C(NCCCNc1ccccc1)N1CCCC1.I. The Morgan fingerprint density at radius 1 is 1.15 bits per heavy atom. The molecule has 0 bridgehead atoms. The van der Waals surface area contributed by atoms with Crippen molar-refractivity contribution >= 4 is 35.6 Å². The summed E-state index contributed by atoms with van der Waals surface area (Å²) in [5, 5.41) is 6.85. The summed E-state index contributed by atoms with van der Waals surface area (Å²) in [5.41, 5.74) is 1.19. The van der Waals surface area contributed by atoms with Gasteiger partial charge in [0, 0.05) is 38.9 Å². The first-order valence-electron chi connectivity index (χ1n) is 7.14. The van der Waals surface area contributed by atoms with Gasteiger partial charge in [-0.3, -0.25) is 4.99 Å². The van der Waals surface area contributed by atoms with E-state index in [0.29, 0.717) is 0 Å². The van der Waals surface area contributed by atoms with Gasteiger partial charge in [0.1, 0.15) is 0 Å². The highest BCUT2D eigenvalue weighted by Gasteiger charge is 2.14. The van der Waals surface area contributed by atoms with E-state index in [1.807, 2.05) is 13.1 Å². The van der Waals surface area contributed by atoms with Gasteiger partial charge in [-0.15, -0.1) is 24.0 Å². The quantitative estimate of drug-likeness (QED) is 0.353. The zero-order valence-electron chi connectivity index (χ0n) is 12.1. The van der Waals surface area contributed by atoms with E-state index in [2.05, 4.69) is 44.8 Å². The molecule has 0 radical (unpaired) electrons. The molecule has 1 aliphatic heterocycles. The lowest BCUT2D eigenvalue weighted by atomic mass is 10.3. The van der Waals surface area contributed by atoms with Crippen molar-refractivity contribution < 1.29 is 0 Å². The van der Waals surface area contributed by atoms with Gasteiger partial charge in [0.15, 0.2) is 5.96 Å². The third-order valence-corrected chi connectivity index (χ3v) is 3.36. The first-order chi connectivity index (χ1) is 9.40. The third kappa shape index (κ3) is 5.56. The van der Waals surface area contributed by atoms with Crippen molar-refractivity contribution in [3.63, 3.8) is 0 Å². The van der Waals surface area contributed by atoms with Crippen LogP contribution in [-0.4, -0.2) is 44.1 Å². The molecule has 0 aromatic heterocycles. The van der Waals surface area contributed by atoms with Gasteiger partial charge in [0.25, 0.3) is 0 Å². The average Bonchev–Trinajstić information content (AvgIpc) is 2.98. The second-order valence-corrected chi connectivity index (χ2v) is 4.81. The van der Waals surface area contributed by atoms with Crippen LogP contribution in [0.5, 0.6) is 0 Å². The van der Waals surface area contributed by atoms with Gasteiger partial charge in [-0.2, -0.15) is 0 Å². The number of rotatable bonds is 5. The number of aliphatic imine (C=N–C) groups is 1. The lowest BCUT2D eigenvalue weighted by Gasteiger charge is -2.20. The minimum absolute atomic E-state index is 0. The molecule has 1 heterocycles. The summed E-state index contributed by atoms with van der Waals surface area (Å²) in [7, 11) is 1.86. The fraction of sp³-hybridized carbons (Fsp3) is 0.533. The van der Waals surface area contributed by atoms with E-state index in [9.17, 15) is 0 Å². The maximum Gasteiger partial charge on any atom is 0.193 e. The van der Waals surface area contributed by atoms with Crippen molar-refractivity contribution in [1.29, 1.82) is 0 Å². The summed E-state index contributed by atoms with van der Waals surface area (Å²) in [6, 6.07) is 10.3. The zero-order chi connectivity index (χ0) is 13.3. The van der Waals surface area contributed by atoms with Crippen LogP contribution in [0.25, 0.3) is 0 Å². The summed E-state index contributed by atoms with van der Waals surface area (Å²) in [6.45, 7) is 4.22. The summed E-state index contributed by atoms with van der Waals surface area (Å²) >= 11 is 0. The van der Waals surface area contributed by atoms with Crippen molar-refractivity contribution in [2.45, 2.75) is 19.3 Å². The smallest absolute Gasteiger partial charge is 0.193 e. The minimum Gasteiger partial charge on any atom is -0.385 e. The van der Waals surface area contributed by atoms with Crippen LogP contribution in [0.1, 0.15) is 19.3 Å². The standard InChI is InChI=1S/C15H24N4.HI/c1-16-15(19-12-5-6-13-19)18-11-7-10-17-14-8-3-2-4-9-14;/h2-4,8-9,17H,5-7,10-13H2,1H3,(H,16,18);1H. The molecule has 0 saturated carbocycles. The Kier molecular flexibility index (Phi) is 8.41. The molecule has 5 heteroatoms. The number of halogens is 1. The van der Waals surface area contributed by atoms with Crippen molar-refractivity contribution in [2.75, 3.05) is 38.5 Å². The largest absolute Gasteiger partial charge is 0.385 e. The molecule has 0 unspecified atom stereocenters. The van der Waals surface area contributed by atoms with Gasteiger partial charge in [-0.05, 0) is 31.4 Å². The van der Waals surface area contributed by atoms with E-state index in [1.165, 1.54) is 18.5 Å². The molecule has 20 heavy (non-hydrogen) atoms. The molecule has 1 saturated heterocycles. The Hall–Kier alpha value is -0.980. The van der Waals surface area contributed by atoms with Gasteiger partial charge < -0.3 is 15.5 Å². The molecule has 2 rings (SSSR count). The van der Waals surface area contributed by atoms with Gasteiger partial charge in [-0.25, -0.2) is 0 Å². The van der Waals surface area contributed by atoms with E-state index in [1.54, 1.807) is 0 Å². The molecule has 2 N–H and O–H groups in total. The summed E-state index contributed by atoms with van der Waals surface area (Å²) in [6.07, 6.45) is 3.66. The highest BCUT2D eigenvalue weighted by Crippen LogP contribution is 2.07. The first kappa shape index (κ1) is 17.1. The van der Waals surface area contributed by atoms with E-state index in [0.717, 1.165) is 38.6 Å². The molecule has 1 aromatic carbocycles. The number of likely N-dealkylation sites (tertiary alicyclic amines) is 1. The second-order valence-electron chi connectivity index (χ2n) is 4.81. The Bertz CT molecular complexity index is 388. The summed E-state index contributed by atoms with van der Waals surface area (Å²) in [5.74, 6) is 1.05. The maximum atomic E-state index is 4.34. The normalized spacial score (nSPS) is 14.8. The highest BCUT2D eigenvalue weighted by atomic mass is 127. The van der Waals surface area contributed by atoms with Crippen molar-refractivity contribution in [2.24, 2.45) is 4.99 Å². The maximum absolute atomic E-state index is 4.34. The van der Waals surface area contributed by atoms with Gasteiger partial charge in [0.2, 0.25) is 0 Å². The van der Waals surface area contributed by atoms with Gasteiger partial charge in [0.05, 0.1) is 0 Å². The van der Waals surface area contributed by atoms with E-state index in [-0.39, 0.29) is 24.0 Å². The minimum atomic E-state index is 0. The molecule has 4 nitrogen and oxygen atoms in total. The molecular formula is C15H25IN4. The fourth-order valence-corrected chi connectivity index (χ4v) is 2.34. The Balaban J connectivity index is 0.00000200. The van der Waals surface area contributed by atoms with Gasteiger partial charge >= 0.3 is 0 Å². The molecule has 112 valence electrons. The number of hydrogen-bond acceptors (Lipinski definition) is 2. The molecule has 1 fully saturated rings. The Morgan fingerprint density at radius 3 is 2.50 bits per heavy atom. The first-order valence-corrected chi connectivity index (χ1v) is 7.14. The van der Waals surface area contributed by atoms with Crippen molar-refractivity contribution in [1.82, 2.24) is 10.2 Å². The highest BCUT2D eigenvalue weighted by molar-refractivity contribution is 14.0. The fourth-order valence-electron chi connectivity index (χ4n) is 2.34. The predicted molar refractivity (Wildman–Crippen MR) is 97.1 cm³/mol. The number of nitrogens with one attached hydrogen (secondary N) is 2. The van der Waals surface area contributed by atoms with Crippen LogP contribution in [0.15, 0.2) is 35.3 Å². The molecule has 1 aliphatic rings. The molecule has 0 aliphatic carbocycles. The Labute approximate surface area is 139 Å². The monoisotopic (exact) mass is 388 g/mol. The van der Waals surface area contributed by atoms with Crippen LogP contribution in [-0.2, 0) is 0 Å². The second kappa shape index (κ2) is 9.85. The molecular weight excluding hydrogens is 363 g/mol. The summed E-state index contributed by atoms with van der Waals surface area (Å²) < 4.78 is 0. The van der Waals surface area contributed by atoms with Crippen molar-refractivity contribution in [3.8, 4) is 0 Å². The van der Waals surface area contributed by atoms with E-state index < -0.39 is 0 Å². The van der Waals surface area contributed by atoms with Crippen LogP contribution < -0.4 is 10.6 Å². The predicted octanol–water partition coefficient (Wildman–Crippen LogP) is 2.78. The zero-order valence-corrected chi connectivity index (χ0v) is 14.5. The number of nitrogens with zero attached hydrogens (tertiary/aromatic N) is 2. The Morgan fingerprint density at radius 2 is 1.85 bits per heavy atom. The lowest BCUT2D eigenvalue weighted by molar-refractivity contribution is 0.493. The van der Waals surface area contributed by atoms with E-state index in [4.69, 9.17) is 0 Å². The topological polar surface area (TPSA) is 39.7 Å². The molecule has 1 aromatic rings. The van der Waals surface area contributed by atoms with Crippen LogP contribution in [0, 0.1) is 0 Å². The lowest BCUT2D eigenvalue weighted by Crippen LogP contribution is -2.40. The number of benzene rings is 1. The number of anilines is 1. The molecule has 0 atom stereocenters. The number of para-hydroxylation sites is 1. The van der Waals surface area contributed by atoms with Crippen LogP contribution in [0.2, 0.25) is 0 Å². The molecule has 0 amide bonds. The molecule has 0 spiro atoms. The van der Waals surface area contributed by atoms with E-state index >= 15 is 0 Å². The third-order valence-electron chi connectivity index (χ3n) is 3.36. The van der Waals surface area contributed by atoms with Crippen LogP contribution in [0.3, 0.4) is 0 Å². The average molecular weight is 388 g/mol. The van der Waals surface area contributed by atoms with Crippen molar-refractivity contribution in [3.05, 3.63) is 30.3 Å². The van der Waals surface area contributed by atoms with Crippen LogP contribution in [0.4, 0.5) is 5.69 Å². The van der Waals surface area contributed by atoms with Crippen LogP contribution >= 0.6 is 24.0 Å². The number of hydrogen-bond donors (Lipinski definition) is 2.